The third kappa shape index (κ3) is 2.15. The molecule has 0 amide bonds. The van der Waals surface area contributed by atoms with E-state index in [1.54, 1.807) is 0 Å². The smallest absolute Gasteiger partial charge is 0.325 e. The minimum atomic E-state index is -0.523. The summed E-state index contributed by atoms with van der Waals surface area (Å²) in [5, 5.41) is 0. The average molecular weight is 314 g/mol. The Labute approximate surface area is 94.8 Å². The number of nitrogens with one attached hydrogen (secondary N) is 2. The highest BCUT2D eigenvalue weighted by molar-refractivity contribution is 14.1. The molecule has 1 saturated heterocycles. The lowest BCUT2D eigenvalue weighted by atomic mass is 10.1. The van der Waals surface area contributed by atoms with Gasteiger partial charge in [-0.25, -0.2) is 10.9 Å². The van der Waals surface area contributed by atoms with E-state index in [0.29, 0.717) is 0 Å². The molecule has 2 N–H and O–H groups in total. The minimum absolute atomic E-state index is 0.229. The molecule has 2 atom stereocenters. The van der Waals surface area contributed by atoms with Gasteiger partial charge in [-0.3, -0.25) is 9.59 Å². The van der Waals surface area contributed by atoms with E-state index >= 15 is 0 Å². The van der Waals surface area contributed by atoms with Crippen LogP contribution in [-0.4, -0.2) is 42.2 Å². The molecule has 1 rings (SSSR count). The van der Waals surface area contributed by atoms with Crippen molar-refractivity contribution in [2.45, 2.75) is 16.0 Å². The van der Waals surface area contributed by atoms with E-state index in [4.69, 9.17) is 0 Å². The predicted molar refractivity (Wildman–Crippen MR) is 55.7 cm³/mol. The lowest BCUT2D eigenvalue weighted by molar-refractivity contribution is -0.142. The number of rotatable bonds is 2. The second-order valence-corrected chi connectivity index (χ2v) is 4.17. The number of esters is 2. The van der Waals surface area contributed by atoms with Gasteiger partial charge in [0, 0.05) is 0 Å². The Balaban J connectivity index is 2.64. The van der Waals surface area contributed by atoms with Crippen LogP contribution < -0.4 is 10.9 Å². The van der Waals surface area contributed by atoms with Crippen LogP contribution in [0.5, 0.6) is 0 Å². The standard InChI is InChI=1S/C7H11IN2O4/c1-13-6(11)4-3(8)5(10-9-4)7(12)14-2/h3-5,9-10H,1-2H3. The van der Waals surface area contributed by atoms with Crippen LogP contribution in [0, 0.1) is 0 Å². The predicted octanol–water partition coefficient (Wildman–Crippen LogP) is -1.02. The van der Waals surface area contributed by atoms with Gasteiger partial charge in [0.2, 0.25) is 0 Å². The van der Waals surface area contributed by atoms with Gasteiger partial charge in [-0.2, -0.15) is 0 Å². The zero-order valence-corrected chi connectivity index (χ0v) is 9.90. The molecule has 0 aromatic heterocycles. The van der Waals surface area contributed by atoms with Crippen LogP contribution in [0.1, 0.15) is 0 Å². The Kier molecular flexibility index (Phi) is 4.08. The van der Waals surface area contributed by atoms with E-state index in [1.807, 2.05) is 22.6 Å². The maximum absolute atomic E-state index is 11.2. The first kappa shape index (κ1) is 11.7. The first-order valence-corrected chi connectivity index (χ1v) is 5.17. The molecule has 1 fully saturated rings. The van der Waals surface area contributed by atoms with Crippen LogP contribution in [0.15, 0.2) is 0 Å². The maximum atomic E-state index is 11.2. The first-order chi connectivity index (χ1) is 6.61. The van der Waals surface area contributed by atoms with Crippen molar-refractivity contribution in [3.05, 3.63) is 0 Å². The van der Waals surface area contributed by atoms with Crippen molar-refractivity contribution in [3.63, 3.8) is 0 Å². The number of hydrogen-bond acceptors (Lipinski definition) is 6. The molecule has 0 bridgehead atoms. The molecule has 1 aliphatic rings. The zero-order valence-electron chi connectivity index (χ0n) is 7.74. The fourth-order valence-electron chi connectivity index (χ4n) is 1.16. The molecular weight excluding hydrogens is 303 g/mol. The van der Waals surface area contributed by atoms with Gasteiger partial charge < -0.3 is 9.47 Å². The monoisotopic (exact) mass is 314 g/mol. The normalized spacial score (nSPS) is 31.2. The lowest BCUT2D eigenvalue weighted by Gasteiger charge is -2.12. The summed E-state index contributed by atoms with van der Waals surface area (Å²) in [4.78, 5) is 22.4. The molecule has 2 unspecified atom stereocenters. The third-order valence-corrected chi connectivity index (χ3v) is 3.38. The Morgan fingerprint density at radius 1 is 1.07 bits per heavy atom. The molecular formula is C7H11IN2O4. The first-order valence-electron chi connectivity index (χ1n) is 3.92. The molecule has 80 valence electrons. The Bertz CT molecular complexity index is 224. The van der Waals surface area contributed by atoms with Crippen molar-refractivity contribution < 1.29 is 19.1 Å². The number of ether oxygens (including phenoxy) is 2. The van der Waals surface area contributed by atoms with Crippen LogP contribution in [0.25, 0.3) is 0 Å². The molecule has 0 aromatic carbocycles. The number of hydrogen-bond donors (Lipinski definition) is 2. The van der Waals surface area contributed by atoms with Crippen LogP contribution >= 0.6 is 22.6 Å². The lowest BCUT2D eigenvalue weighted by Crippen LogP contribution is -2.40. The third-order valence-electron chi connectivity index (χ3n) is 1.94. The summed E-state index contributed by atoms with van der Waals surface area (Å²) in [5.41, 5.74) is 5.38. The van der Waals surface area contributed by atoms with Crippen molar-refractivity contribution in [2.24, 2.45) is 0 Å². The van der Waals surface area contributed by atoms with E-state index < -0.39 is 24.0 Å². The maximum Gasteiger partial charge on any atom is 0.325 e. The fraction of sp³-hybridized carbons (Fsp3) is 0.714. The van der Waals surface area contributed by atoms with Crippen molar-refractivity contribution in [2.75, 3.05) is 14.2 Å². The zero-order chi connectivity index (χ0) is 10.7. The van der Waals surface area contributed by atoms with Crippen LogP contribution in [0.2, 0.25) is 0 Å². The molecule has 0 spiro atoms. The van der Waals surface area contributed by atoms with Crippen LogP contribution in [0.3, 0.4) is 0 Å². The summed E-state index contributed by atoms with van der Waals surface area (Å²) in [5.74, 6) is -0.799. The van der Waals surface area contributed by atoms with E-state index in [2.05, 4.69) is 20.3 Å². The molecule has 14 heavy (non-hydrogen) atoms. The number of carbonyl (C=O) groups is 2. The van der Waals surface area contributed by atoms with Gasteiger partial charge in [-0.15, -0.1) is 0 Å². The highest BCUT2D eigenvalue weighted by atomic mass is 127. The van der Waals surface area contributed by atoms with Gasteiger partial charge in [-0.1, -0.05) is 22.6 Å². The number of hydrazine groups is 1. The second kappa shape index (κ2) is 4.89. The Morgan fingerprint density at radius 2 is 1.43 bits per heavy atom. The van der Waals surface area contributed by atoms with Crippen molar-refractivity contribution >= 4 is 34.5 Å². The van der Waals surface area contributed by atoms with E-state index in [9.17, 15) is 9.59 Å². The van der Waals surface area contributed by atoms with E-state index in [1.165, 1.54) is 14.2 Å². The Hall–Kier alpha value is -0.410. The largest absolute Gasteiger partial charge is 0.468 e. The number of halogens is 1. The highest BCUT2D eigenvalue weighted by Gasteiger charge is 2.43. The van der Waals surface area contributed by atoms with Crippen molar-refractivity contribution in [1.82, 2.24) is 10.9 Å². The minimum Gasteiger partial charge on any atom is -0.468 e. The van der Waals surface area contributed by atoms with Gasteiger partial charge in [0.15, 0.2) is 0 Å². The second-order valence-electron chi connectivity index (χ2n) is 2.73. The summed E-state index contributed by atoms with van der Waals surface area (Å²) in [6.45, 7) is 0. The highest BCUT2D eigenvalue weighted by Crippen LogP contribution is 2.18. The molecule has 0 aromatic rings. The number of methoxy groups -OCH3 is 2. The van der Waals surface area contributed by atoms with Gasteiger partial charge in [0.1, 0.15) is 12.1 Å². The molecule has 1 heterocycles. The number of alkyl halides is 1. The molecule has 1 aliphatic heterocycles. The summed E-state index contributed by atoms with van der Waals surface area (Å²) in [6, 6.07) is -1.05. The summed E-state index contributed by atoms with van der Waals surface area (Å²) < 4.78 is 8.91. The van der Waals surface area contributed by atoms with E-state index in [0.717, 1.165) is 0 Å². The van der Waals surface area contributed by atoms with Crippen molar-refractivity contribution in [3.8, 4) is 0 Å². The average Bonchev–Trinajstić information content (AvgIpc) is 2.58. The topological polar surface area (TPSA) is 76.7 Å². The molecule has 0 saturated carbocycles. The molecule has 6 nitrogen and oxygen atoms in total. The van der Waals surface area contributed by atoms with Gasteiger partial charge >= 0.3 is 11.9 Å². The summed E-state index contributed by atoms with van der Waals surface area (Å²) >= 11 is 2.01. The molecule has 0 aliphatic carbocycles. The molecule has 7 heteroatoms. The summed E-state index contributed by atoms with van der Waals surface area (Å²) in [7, 11) is 2.61. The molecule has 0 radical (unpaired) electrons. The fourth-order valence-corrected chi connectivity index (χ4v) is 2.11. The number of carbonyl (C=O) groups excluding carboxylic acids is 2. The van der Waals surface area contributed by atoms with Crippen molar-refractivity contribution in [1.29, 1.82) is 0 Å². The Morgan fingerprint density at radius 3 is 1.71 bits per heavy atom. The van der Waals surface area contributed by atoms with E-state index in [-0.39, 0.29) is 3.92 Å². The quantitative estimate of drug-likeness (QED) is 0.386. The SMILES string of the molecule is COC(=O)C1NNC(C(=O)OC)C1I. The van der Waals surface area contributed by atoms with Crippen LogP contribution in [0.4, 0.5) is 0 Å². The van der Waals surface area contributed by atoms with Gasteiger partial charge in [0.05, 0.1) is 18.1 Å². The summed E-state index contributed by atoms with van der Waals surface area (Å²) in [6.07, 6.45) is 0. The van der Waals surface area contributed by atoms with Crippen LogP contribution in [-0.2, 0) is 19.1 Å². The van der Waals surface area contributed by atoms with Gasteiger partial charge in [0.25, 0.3) is 0 Å². The van der Waals surface area contributed by atoms with Gasteiger partial charge in [-0.05, 0) is 0 Å².